The van der Waals surface area contributed by atoms with E-state index in [0.717, 1.165) is 31.8 Å². The Morgan fingerprint density at radius 3 is 2.47 bits per heavy atom. The van der Waals surface area contributed by atoms with E-state index in [1.54, 1.807) is 0 Å². The molecular weight excluding hydrogens is 212 g/mol. The molecule has 1 saturated carbocycles. The highest BCUT2D eigenvalue weighted by Gasteiger charge is 2.43. The largest absolute Gasteiger partial charge is 0.339 e. The number of carbonyl (C=O) groups excluding carboxylic acids is 1. The van der Waals surface area contributed by atoms with Gasteiger partial charge in [-0.3, -0.25) is 4.79 Å². The van der Waals surface area contributed by atoms with E-state index in [1.807, 2.05) is 4.90 Å². The summed E-state index contributed by atoms with van der Waals surface area (Å²) in [5.74, 6) is 1.59. The molecule has 3 nitrogen and oxygen atoms in total. The van der Waals surface area contributed by atoms with Gasteiger partial charge in [-0.05, 0) is 18.3 Å². The summed E-state index contributed by atoms with van der Waals surface area (Å²) in [6.07, 6.45) is 7.22. The van der Waals surface area contributed by atoms with Gasteiger partial charge in [-0.15, -0.1) is 0 Å². The highest BCUT2D eigenvalue weighted by molar-refractivity contribution is 5.77. The SMILES string of the molecule is CC(C)C1(N)CN(C(=O)CCC2CCCC2)C1. The summed E-state index contributed by atoms with van der Waals surface area (Å²) in [6, 6.07) is 0. The van der Waals surface area contributed by atoms with E-state index in [4.69, 9.17) is 5.73 Å². The van der Waals surface area contributed by atoms with Crippen molar-refractivity contribution in [2.75, 3.05) is 13.1 Å². The van der Waals surface area contributed by atoms with Crippen molar-refractivity contribution in [3.63, 3.8) is 0 Å². The lowest BCUT2D eigenvalue weighted by molar-refractivity contribution is -0.140. The summed E-state index contributed by atoms with van der Waals surface area (Å²) < 4.78 is 0. The minimum absolute atomic E-state index is 0.122. The molecule has 3 heteroatoms. The predicted octanol–water partition coefficient (Wildman–Crippen LogP) is 2.15. The lowest BCUT2D eigenvalue weighted by atomic mass is 9.80. The first-order valence-electron chi connectivity index (χ1n) is 7.08. The van der Waals surface area contributed by atoms with Crippen LogP contribution in [0.5, 0.6) is 0 Å². The molecule has 0 unspecified atom stereocenters. The average Bonchev–Trinajstić information content (AvgIpc) is 2.73. The normalized spacial score (nSPS) is 24.1. The molecular formula is C14H26N2O. The Labute approximate surface area is 105 Å². The molecule has 2 N–H and O–H groups in total. The molecule has 2 aliphatic rings. The van der Waals surface area contributed by atoms with Crippen molar-refractivity contribution in [3.8, 4) is 0 Å². The number of likely N-dealkylation sites (tertiary alicyclic amines) is 1. The molecule has 1 amide bonds. The van der Waals surface area contributed by atoms with Crippen molar-refractivity contribution in [1.82, 2.24) is 4.90 Å². The summed E-state index contributed by atoms with van der Waals surface area (Å²) in [7, 11) is 0. The molecule has 98 valence electrons. The zero-order chi connectivity index (χ0) is 12.5. The molecule has 0 aromatic rings. The summed E-state index contributed by atoms with van der Waals surface area (Å²) in [5.41, 5.74) is 6.08. The van der Waals surface area contributed by atoms with Gasteiger partial charge >= 0.3 is 0 Å². The second kappa shape index (κ2) is 4.97. The van der Waals surface area contributed by atoms with E-state index in [9.17, 15) is 4.79 Å². The number of nitrogens with two attached hydrogens (primary N) is 1. The maximum absolute atomic E-state index is 12.0. The number of amides is 1. The highest BCUT2D eigenvalue weighted by Crippen LogP contribution is 2.30. The first-order valence-corrected chi connectivity index (χ1v) is 7.08. The van der Waals surface area contributed by atoms with Crippen molar-refractivity contribution in [2.24, 2.45) is 17.6 Å². The van der Waals surface area contributed by atoms with E-state index in [0.29, 0.717) is 11.8 Å². The van der Waals surface area contributed by atoms with Gasteiger partial charge in [0.05, 0.1) is 5.54 Å². The van der Waals surface area contributed by atoms with Crippen molar-refractivity contribution < 1.29 is 4.79 Å². The molecule has 2 rings (SSSR count). The van der Waals surface area contributed by atoms with E-state index in [-0.39, 0.29) is 5.54 Å². The fourth-order valence-corrected chi connectivity index (χ4v) is 2.99. The number of carbonyl (C=O) groups is 1. The van der Waals surface area contributed by atoms with Gasteiger partial charge in [0.2, 0.25) is 5.91 Å². The van der Waals surface area contributed by atoms with Crippen LogP contribution >= 0.6 is 0 Å². The molecule has 17 heavy (non-hydrogen) atoms. The summed E-state index contributed by atoms with van der Waals surface area (Å²) in [4.78, 5) is 13.9. The van der Waals surface area contributed by atoms with Crippen LogP contribution in [0, 0.1) is 11.8 Å². The number of rotatable bonds is 4. The molecule has 0 aromatic carbocycles. The molecule has 1 heterocycles. The second-order valence-electron chi connectivity index (χ2n) is 6.33. The second-order valence-corrected chi connectivity index (χ2v) is 6.33. The number of nitrogens with zero attached hydrogens (tertiary/aromatic N) is 1. The smallest absolute Gasteiger partial charge is 0.222 e. The number of hydrogen-bond acceptors (Lipinski definition) is 2. The third kappa shape index (κ3) is 2.82. The molecule has 0 spiro atoms. The Balaban J connectivity index is 1.68. The lowest BCUT2D eigenvalue weighted by Crippen LogP contribution is -2.71. The van der Waals surface area contributed by atoms with E-state index in [2.05, 4.69) is 13.8 Å². The van der Waals surface area contributed by atoms with Gasteiger partial charge in [0.25, 0.3) is 0 Å². The Bertz CT molecular complexity index is 276. The highest BCUT2D eigenvalue weighted by atomic mass is 16.2. The van der Waals surface area contributed by atoms with Crippen molar-refractivity contribution in [1.29, 1.82) is 0 Å². The fourth-order valence-electron chi connectivity index (χ4n) is 2.99. The van der Waals surface area contributed by atoms with Crippen LogP contribution in [-0.2, 0) is 4.79 Å². The zero-order valence-corrected chi connectivity index (χ0v) is 11.2. The number of hydrogen-bond donors (Lipinski definition) is 1. The molecule has 1 aliphatic carbocycles. The van der Waals surface area contributed by atoms with Gasteiger partial charge in [0, 0.05) is 19.5 Å². The molecule has 0 radical (unpaired) electrons. The third-order valence-corrected chi connectivity index (χ3v) is 4.71. The van der Waals surface area contributed by atoms with Crippen LogP contribution in [0.3, 0.4) is 0 Å². The van der Waals surface area contributed by atoms with Gasteiger partial charge in [-0.1, -0.05) is 39.5 Å². The maximum Gasteiger partial charge on any atom is 0.222 e. The standard InChI is InChI=1S/C14H26N2O/c1-11(2)14(15)9-16(10-14)13(17)8-7-12-5-3-4-6-12/h11-12H,3-10,15H2,1-2H3. The molecule has 0 aromatic heterocycles. The average molecular weight is 238 g/mol. The lowest BCUT2D eigenvalue weighted by Gasteiger charge is -2.50. The fraction of sp³-hybridized carbons (Fsp3) is 0.929. The van der Waals surface area contributed by atoms with E-state index >= 15 is 0 Å². The van der Waals surface area contributed by atoms with Crippen LogP contribution in [0.4, 0.5) is 0 Å². The summed E-state index contributed by atoms with van der Waals surface area (Å²) in [5, 5.41) is 0. The quantitative estimate of drug-likeness (QED) is 0.815. The van der Waals surface area contributed by atoms with Crippen LogP contribution in [-0.4, -0.2) is 29.4 Å². The van der Waals surface area contributed by atoms with E-state index < -0.39 is 0 Å². The molecule has 1 saturated heterocycles. The zero-order valence-electron chi connectivity index (χ0n) is 11.2. The molecule has 2 fully saturated rings. The molecule has 0 bridgehead atoms. The Morgan fingerprint density at radius 2 is 1.94 bits per heavy atom. The minimum Gasteiger partial charge on any atom is -0.339 e. The first kappa shape index (κ1) is 12.9. The van der Waals surface area contributed by atoms with Gasteiger partial charge < -0.3 is 10.6 Å². The monoisotopic (exact) mass is 238 g/mol. The Hall–Kier alpha value is -0.570. The van der Waals surface area contributed by atoms with Gasteiger partial charge in [-0.25, -0.2) is 0 Å². The topological polar surface area (TPSA) is 46.3 Å². The van der Waals surface area contributed by atoms with E-state index in [1.165, 1.54) is 25.7 Å². The third-order valence-electron chi connectivity index (χ3n) is 4.71. The van der Waals surface area contributed by atoms with Crippen LogP contribution in [0.2, 0.25) is 0 Å². The predicted molar refractivity (Wildman–Crippen MR) is 69.5 cm³/mol. The minimum atomic E-state index is -0.122. The van der Waals surface area contributed by atoms with Crippen LogP contribution in [0.15, 0.2) is 0 Å². The Morgan fingerprint density at radius 1 is 1.35 bits per heavy atom. The molecule has 1 aliphatic heterocycles. The van der Waals surface area contributed by atoms with Gasteiger partial charge in [0.15, 0.2) is 0 Å². The van der Waals surface area contributed by atoms with Gasteiger partial charge in [0.1, 0.15) is 0 Å². The van der Waals surface area contributed by atoms with Gasteiger partial charge in [-0.2, -0.15) is 0 Å². The van der Waals surface area contributed by atoms with Crippen LogP contribution in [0.1, 0.15) is 52.4 Å². The first-order chi connectivity index (χ1) is 8.01. The van der Waals surface area contributed by atoms with Crippen LogP contribution < -0.4 is 5.73 Å². The van der Waals surface area contributed by atoms with Crippen molar-refractivity contribution >= 4 is 5.91 Å². The molecule has 0 atom stereocenters. The van der Waals surface area contributed by atoms with Crippen LogP contribution in [0.25, 0.3) is 0 Å². The maximum atomic E-state index is 12.0. The summed E-state index contributed by atoms with van der Waals surface area (Å²) in [6.45, 7) is 5.79. The van der Waals surface area contributed by atoms with Crippen molar-refractivity contribution in [2.45, 2.75) is 57.9 Å². The summed E-state index contributed by atoms with van der Waals surface area (Å²) >= 11 is 0. The van der Waals surface area contributed by atoms with Crippen molar-refractivity contribution in [3.05, 3.63) is 0 Å². The Kier molecular flexibility index (Phi) is 3.76.